The van der Waals surface area contributed by atoms with E-state index >= 15 is 0 Å². The Labute approximate surface area is 197 Å². The van der Waals surface area contributed by atoms with Crippen LogP contribution in [-0.4, -0.2) is 42.6 Å². The van der Waals surface area contributed by atoms with Crippen LogP contribution < -0.4 is 19.6 Å². The lowest BCUT2D eigenvalue weighted by Crippen LogP contribution is -2.01. The van der Waals surface area contributed by atoms with Gasteiger partial charge < -0.3 is 19.3 Å². The lowest BCUT2D eigenvalue weighted by molar-refractivity contribution is 0.355. The molecule has 1 aromatic heterocycles. The van der Waals surface area contributed by atoms with Gasteiger partial charge in [-0.15, -0.1) is 0 Å². The fourth-order valence-corrected chi connectivity index (χ4v) is 3.37. The molecular formula is C26H24N4O4. The first-order chi connectivity index (χ1) is 16.6. The van der Waals surface area contributed by atoms with E-state index in [0.717, 1.165) is 16.8 Å². The number of phenols is 1. The molecule has 0 unspecified atom stereocenters. The summed E-state index contributed by atoms with van der Waals surface area (Å²) in [7, 11) is 4.68. The molecule has 0 atom stereocenters. The second-order valence-corrected chi connectivity index (χ2v) is 7.17. The summed E-state index contributed by atoms with van der Waals surface area (Å²) in [4.78, 5) is 9.24. The van der Waals surface area contributed by atoms with Gasteiger partial charge in [0.25, 0.3) is 0 Å². The first-order valence-electron chi connectivity index (χ1n) is 10.4. The summed E-state index contributed by atoms with van der Waals surface area (Å²) in [5.74, 6) is 1.89. The SMILES string of the molecule is COc1ccc(-c2cc(-c3ccccc3)nc(N/N=C/c3cccc(OC)c3O)n2)cc1OC. The van der Waals surface area contributed by atoms with Crippen LogP contribution in [0.5, 0.6) is 23.0 Å². The van der Waals surface area contributed by atoms with E-state index in [1.807, 2.05) is 54.6 Å². The monoisotopic (exact) mass is 456 g/mol. The molecule has 172 valence electrons. The Morgan fingerprint density at radius 2 is 1.44 bits per heavy atom. The number of methoxy groups -OCH3 is 3. The Hall–Kier alpha value is -4.59. The summed E-state index contributed by atoms with van der Waals surface area (Å²) in [6, 6.07) is 22.4. The Kier molecular flexibility index (Phi) is 6.88. The van der Waals surface area contributed by atoms with Crippen LogP contribution in [0.25, 0.3) is 22.5 Å². The fraction of sp³-hybridized carbons (Fsp3) is 0.115. The van der Waals surface area contributed by atoms with Gasteiger partial charge in [-0.3, -0.25) is 0 Å². The van der Waals surface area contributed by atoms with Gasteiger partial charge in [-0.25, -0.2) is 15.4 Å². The van der Waals surface area contributed by atoms with Gasteiger partial charge in [-0.2, -0.15) is 5.10 Å². The molecule has 8 heteroatoms. The molecule has 0 saturated carbocycles. The van der Waals surface area contributed by atoms with Crippen molar-refractivity contribution in [2.24, 2.45) is 5.10 Å². The van der Waals surface area contributed by atoms with E-state index in [1.165, 1.54) is 13.3 Å². The van der Waals surface area contributed by atoms with Gasteiger partial charge in [0.15, 0.2) is 23.0 Å². The Balaban J connectivity index is 1.71. The average Bonchev–Trinajstić information content (AvgIpc) is 2.89. The summed E-state index contributed by atoms with van der Waals surface area (Å²) >= 11 is 0. The van der Waals surface area contributed by atoms with Crippen LogP contribution >= 0.6 is 0 Å². The second-order valence-electron chi connectivity index (χ2n) is 7.17. The summed E-state index contributed by atoms with van der Waals surface area (Å²) in [6.45, 7) is 0. The molecular weight excluding hydrogens is 432 g/mol. The molecule has 4 rings (SSSR count). The molecule has 3 aromatic carbocycles. The zero-order valence-corrected chi connectivity index (χ0v) is 19.0. The van der Waals surface area contributed by atoms with Gasteiger partial charge in [0, 0.05) is 16.7 Å². The van der Waals surface area contributed by atoms with Crippen LogP contribution in [-0.2, 0) is 0 Å². The maximum Gasteiger partial charge on any atom is 0.244 e. The van der Waals surface area contributed by atoms with Crippen LogP contribution in [0.4, 0.5) is 5.95 Å². The Morgan fingerprint density at radius 1 is 0.735 bits per heavy atom. The quantitative estimate of drug-likeness (QED) is 0.285. The standard InChI is InChI=1S/C26H24N4O4/c1-32-22-13-12-18(14-24(22)34-3)21-15-20(17-8-5-4-6-9-17)28-26(29-21)30-27-16-19-10-7-11-23(33-2)25(19)31/h4-16,31H,1-3H3,(H,28,29,30)/b27-16+. The van der Waals surface area contributed by atoms with E-state index in [1.54, 1.807) is 32.4 Å². The summed E-state index contributed by atoms with van der Waals surface area (Å²) in [5, 5.41) is 14.5. The largest absolute Gasteiger partial charge is 0.504 e. The van der Waals surface area contributed by atoms with E-state index in [4.69, 9.17) is 14.2 Å². The number of aromatic nitrogens is 2. The van der Waals surface area contributed by atoms with Crippen molar-refractivity contribution in [1.29, 1.82) is 0 Å². The summed E-state index contributed by atoms with van der Waals surface area (Å²) < 4.78 is 15.9. The zero-order valence-electron chi connectivity index (χ0n) is 19.0. The van der Waals surface area contributed by atoms with Crippen molar-refractivity contribution < 1.29 is 19.3 Å². The third-order valence-electron chi connectivity index (χ3n) is 5.09. The molecule has 0 spiro atoms. The molecule has 0 radical (unpaired) electrons. The molecule has 4 aromatic rings. The normalized spacial score (nSPS) is 10.8. The van der Waals surface area contributed by atoms with Crippen molar-refractivity contribution >= 4 is 12.2 Å². The van der Waals surface area contributed by atoms with Gasteiger partial charge in [0.05, 0.1) is 38.9 Å². The van der Waals surface area contributed by atoms with E-state index in [-0.39, 0.29) is 5.75 Å². The Bertz CT molecular complexity index is 1310. The van der Waals surface area contributed by atoms with Crippen LogP contribution in [0.3, 0.4) is 0 Å². The minimum atomic E-state index is 0.000483. The first-order valence-corrected chi connectivity index (χ1v) is 10.4. The number of nitrogens with zero attached hydrogens (tertiary/aromatic N) is 3. The third kappa shape index (κ3) is 4.91. The van der Waals surface area contributed by atoms with E-state index in [9.17, 15) is 5.11 Å². The van der Waals surface area contributed by atoms with Crippen LogP contribution in [0.2, 0.25) is 0 Å². The smallest absolute Gasteiger partial charge is 0.244 e. The van der Waals surface area contributed by atoms with Gasteiger partial charge in [0.2, 0.25) is 5.95 Å². The van der Waals surface area contributed by atoms with Crippen LogP contribution in [0.15, 0.2) is 77.9 Å². The maximum absolute atomic E-state index is 10.3. The lowest BCUT2D eigenvalue weighted by Gasteiger charge is -2.11. The molecule has 8 nitrogen and oxygen atoms in total. The number of anilines is 1. The zero-order chi connectivity index (χ0) is 23.9. The van der Waals surface area contributed by atoms with Gasteiger partial charge in [-0.05, 0) is 36.4 Å². The van der Waals surface area contributed by atoms with Gasteiger partial charge in [-0.1, -0.05) is 36.4 Å². The molecule has 0 bridgehead atoms. The molecule has 0 fully saturated rings. The highest BCUT2D eigenvalue weighted by molar-refractivity contribution is 5.85. The minimum Gasteiger partial charge on any atom is -0.504 e. The highest BCUT2D eigenvalue weighted by Gasteiger charge is 2.12. The summed E-state index contributed by atoms with van der Waals surface area (Å²) in [5.41, 5.74) is 6.53. The molecule has 0 aliphatic carbocycles. The number of rotatable bonds is 8. The topological polar surface area (TPSA) is 98.1 Å². The molecule has 2 N–H and O–H groups in total. The van der Waals surface area contributed by atoms with Crippen molar-refractivity contribution in [2.45, 2.75) is 0 Å². The number of hydrogen-bond acceptors (Lipinski definition) is 8. The average molecular weight is 457 g/mol. The summed E-state index contributed by atoms with van der Waals surface area (Å²) in [6.07, 6.45) is 1.48. The molecule has 34 heavy (non-hydrogen) atoms. The number of benzene rings is 3. The van der Waals surface area contributed by atoms with Gasteiger partial charge >= 0.3 is 0 Å². The fourth-order valence-electron chi connectivity index (χ4n) is 3.37. The van der Waals surface area contributed by atoms with Crippen LogP contribution in [0.1, 0.15) is 5.56 Å². The van der Waals surface area contributed by atoms with Crippen molar-refractivity contribution in [1.82, 2.24) is 9.97 Å². The number of hydrazone groups is 1. The highest BCUT2D eigenvalue weighted by Crippen LogP contribution is 2.33. The minimum absolute atomic E-state index is 0.000483. The van der Waals surface area contributed by atoms with Crippen LogP contribution in [0, 0.1) is 0 Å². The molecule has 0 aliphatic heterocycles. The molecule has 0 aliphatic rings. The van der Waals surface area contributed by atoms with Crippen molar-refractivity contribution in [3.05, 3.63) is 78.4 Å². The number of ether oxygens (including phenoxy) is 3. The van der Waals surface area contributed by atoms with E-state index in [2.05, 4.69) is 20.5 Å². The van der Waals surface area contributed by atoms with Crippen molar-refractivity contribution in [3.8, 4) is 45.5 Å². The number of nitrogens with one attached hydrogen (secondary N) is 1. The lowest BCUT2D eigenvalue weighted by atomic mass is 10.1. The highest BCUT2D eigenvalue weighted by atomic mass is 16.5. The first kappa shape index (κ1) is 22.6. The van der Waals surface area contributed by atoms with Crippen molar-refractivity contribution in [2.75, 3.05) is 26.8 Å². The number of phenolic OH excluding ortho intramolecular Hbond substituents is 1. The van der Waals surface area contributed by atoms with Crippen molar-refractivity contribution in [3.63, 3.8) is 0 Å². The molecule has 0 amide bonds. The predicted octanol–water partition coefficient (Wildman–Crippen LogP) is 4.99. The number of para-hydroxylation sites is 1. The van der Waals surface area contributed by atoms with E-state index < -0.39 is 0 Å². The van der Waals surface area contributed by atoms with E-state index in [0.29, 0.717) is 34.5 Å². The maximum atomic E-state index is 10.3. The Morgan fingerprint density at radius 3 is 2.15 bits per heavy atom. The predicted molar refractivity (Wildman–Crippen MR) is 132 cm³/mol. The molecule has 1 heterocycles. The molecule has 0 saturated heterocycles. The second kappa shape index (κ2) is 10.4. The number of aromatic hydroxyl groups is 1. The number of hydrogen-bond donors (Lipinski definition) is 2. The third-order valence-corrected chi connectivity index (χ3v) is 5.09. The van der Waals surface area contributed by atoms with Gasteiger partial charge in [0.1, 0.15) is 0 Å².